The molecule has 0 radical (unpaired) electrons. The van der Waals surface area contributed by atoms with E-state index in [2.05, 4.69) is 9.98 Å². The Morgan fingerprint density at radius 1 is 0.769 bits per heavy atom. The number of hydrogen-bond donors (Lipinski definition) is 0. The van der Waals surface area contributed by atoms with Crippen molar-refractivity contribution in [3.05, 3.63) is 24.3 Å². The molecule has 1 aromatic rings. The highest BCUT2D eigenvalue weighted by molar-refractivity contribution is 6.05. The maximum Gasteiger partial charge on any atom is 0.450 e. The van der Waals surface area contributed by atoms with Crippen LogP contribution in [0, 0.1) is 0 Å². The first-order chi connectivity index (χ1) is 11.8. The molecule has 0 spiro atoms. The molecule has 1 rings (SSSR count). The van der Waals surface area contributed by atoms with E-state index in [0.29, 0.717) is 0 Å². The number of para-hydroxylation sites is 2. The average Bonchev–Trinajstić information content (AvgIpc) is 2.47. The molecule has 10 heteroatoms. The molecule has 0 aromatic heterocycles. The first-order valence-corrected chi connectivity index (χ1v) is 7.18. The van der Waals surface area contributed by atoms with Crippen LogP contribution in [0.15, 0.2) is 34.3 Å². The molecule has 0 saturated heterocycles. The number of Topliss-reactive ketones (excluding diaryl/α,β-unsaturated/α-hetero) is 2. The van der Waals surface area contributed by atoms with E-state index in [1.165, 1.54) is 38.1 Å². The van der Waals surface area contributed by atoms with Crippen LogP contribution in [0.4, 0.5) is 37.7 Å². The lowest BCUT2D eigenvalue weighted by Gasteiger charge is -2.07. The predicted octanol–water partition coefficient (Wildman–Crippen LogP) is 4.91. The third-order valence-corrected chi connectivity index (χ3v) is 2.97. The Balaban J connectivity index is 3.04. The van der Waals surface area contributed by atoms with E-state index < -0.39 is 36.8 Å². The minimum absolute atomic E-state index is 0.0683. The molecule has 0 heterocycles. The second kappa shape index (κ2) is 8.24. The van der Waals surface area contributed by atoms with E-state index in [4.69, 9.17) is 0 Å². The Labute approximate surface area is 144 Å². The fourth-order valence-corrected chi connectivity index (χ4v) is 1.81. The number of nitrogens with zero attached hydrogens (tertiary/aromatic N) is 2. The zero-order chi connectivity index (χ0) is 20.1. The topological polar surface area (TPSA) is 58.9 Å². The summed E-state index contributed by atoms with van der Waals surface area (Å²) in [5.41, 5.74) is -0.143. The zero-order valence-electron chi connectivity index (χ0n) is 13.7. The summed E-state index contributed by atoms with van der Waals surface area (Å²) < 4.78 is 73.6. The van der Waals surface area contributed by atoms with Crippen molar-refractivity contribution in [1.29, 1.82) is 0 Å². The van der Waals surface area contributed by atoms with Crippen molar-refractivity contribution in [2.24, 2.45) is 9.98 Å². The van der Waals surface area contributed by atoms with E-state index in [1.807, 2.05) is 0 Å². The fraction of sp³-hybridized carbons (Fsp3) is 0.375. The number of rotatable bonds is 6. The highest BCUT2D eigenvalue weighted by Crippen LogP contribution is 2.29. The summed E-state index contributed by atoms with van der Waals surface area (Å²) in [5, 5.41) is 0. The smallest absolute Gasteiger partial charge is 0.289 e. The molecule has 0 unspecified atom stereocenters. The van der Waals surface area contributed by atoms with Crippen molar-refractivity contribution in [3.8, 4) is 0 Å². The van der Waals surface area contributed by atoms with Crippen LogP contribution in [0.3, 0.4) is 0 Å². The van der Waals surface area contributed by atoms with Gasteiger partial charge < -0.3 is 0 Å². The lowest BCUT2D eigenvalue weighted by Crippen LogP contribution is -2.24. The Kier molecular flexibility index (Phi) is 6.82. The first-order valence-electron chi connectivity index (χ1n) is 7.18. The normalized spacial score (nSPS) is 13.7. The van der Waals surface area contributed by atoms with Gasteiger partial charge in [0.15, 0.2) is 0 Å². The highest BCUT2D eigenvalue weighted by Gasteiger charge is 2.38. The maximum atomic E-state index is 12.3. The van der Waals surface area contributed by atoms with Gasteiger partial charge in [0, 0.05) is 11.4 Å². The summed E-state index contributed by atoms with van der Waals surface area (Å²) in [6.45, 7) is 2.42. The summed E-state index contributed by atoms with van der Waals surface area (Å²) in [4.78, 5) is 29.7. The second-order valence-electron chi connectivity index (χ2n) is 5.38. The van der Waals surface area contributed by atoms with Gasteiger partial charge in [0.1, 0.15) is 0 Å². The second-order valence-corrected chi connectivity index (χ2v) is 5.38. The number of halogens is 6. The molecule has 0 aliphatic carbocycles. The van der Waals surface area contributed by atoms with Crippen LogP contribution >= 0.6 is 0 Å². The van der Waals surface area contributed by atoms with E-state index in [9.17, 15) is 35.9 Å². The van der Waals surface area contributed by atoms with E-state index >= 15 is 0 Å². The highest BCUT2D eigenvalue weighted by atomic mass is 19.4. The number of aliphatic imine (C=N–C) groups is 2. The average molecular weight is 380 g/mol. The monoisotopic (exact) mass is 380 g/mol. The summed E-state index contributed by atoms with van der Waals surface area (Å²) in [6.07, 6.45) is -11.9. The minimum Gasteiger partial charge on any atom is -0.289 e. The number of benzene rings is 1. The number of ketones is 2. The van der Waals surface area contributed by atoms with Crippen molar-refractivity contribution < 1.29 is 35.9 Å². The van der Waals surface area contributed by atoms with Gasteiger partial charge >= 0.3 is 12.4 Å². The van der Waals surface area contributed by atoms with Gasteiger partial charge in [-0.1, -0.05) is 12.1 Å². The molecule has 0 saturated carbocycles. The molecule has 1 aromatic carbocycles. The molecular formula is C16H14F6N2O2. The van der Waals surface area contributed by atoms with Crippen molar-refractivity contribution in [2.75, 3.05) is 0 Å². The van der Waals surface area contributed by atoms with Crippen molar-refractivity contribution in [3.63, 3.8) is 0 Å². The van der Waals surface area contributed by atoms with Gasteiger partial charge in [-0.3, -0.25) is 19.6 Å². The van der Waals surface area contributed by atoms with Gasteiger partial charge in [-0.25, -0.2) is 0 Å². The minimum atomic E-state index is -4.98. The van der Waals surface area contributed by atoms with Crippen LogP contribution in [0.2, 0.25) is 0 Å². The Morgan fingerprint density at radius 3 is 1.35 bits per heavy atom. The molecule has 0 N–H and O–H groups in total. The van der Waals surface area contributed by atoms with Gasteiger partial charge in [-0.05, 0) is 26.0 Å². The zero-order valence-corrected chi connectivity index (χ0v) is 13.7. The van der Waals surface area contributed by atoms with Crippen LogP contribution in [0.25, 0.3) is 0 Å². The van der Waals surface area contributed by atoms with Crippen molar-refractivity contribution in [1.82, 2.24) is 0 Å². The van der Waals surface area contributed by atoms with E-state index in [1.54, 1.807) is 0 Å². The van der Waals surface area contributed by atoms with Crippen LogP contribution in [-0.4, -0.2) is 35.3 Å². The first kappa shape index (κ1) is 21.5. The molecule has 0 aliphatic rings. The van der Waals surface area contributed by atoms with E-state index in [0.717, 1.165) is 0 Å². The van der Waals surface area contributed by atoms with Crippen LogP contribution < -0.4 is 0 Å². The number of carbonyl (C=O) groups is 2. The maximum absolute atomic E-state index is 12.3. The van der Waals surface area contributed by atoms with Crippen molar-refractivity contribution >= 4 is 34.4 Å². The molecule has 0 fully saturated rings. The standard InChI is InChI=1S/C16H14F6N2O2/c1-9(7-13(25)15(17,18)19)23-11-5-3-4-6-12(11)24-10(2)8-14(26)16(20,21)22/h3-6H,7-8H2,1-2H3. The molecular weight excluding hydrogens is 366 g/mol. The SMILES string of the molecule is CC(CC(=O)C(F)(F)F)=Nc1ccccc1N=C(C)CC(=O)C(F)(F)F. The quantitative estimate of drug-likeness (QED) is 0.520. The molecule has 26 heavy (non-hydrogen) atoms. The number of alkyl halides is 6. The van der Waals surface area contributed by atoms with Gasteiger partial charge in [-0.15, -0.1) is 0 Å². The lowest BCUT2D eigenvalue weighted by atomic mass is 10.2. The van der Waals surface area contributed by atoms with Gasteiger partial charge in [0.2, 0.25) is 11.6 Å². The molecule has 4 nitrogen and oxygen atoms in total. The Bertz CT molecular complexity index is 685. The third kappa shape index (κ3) is 6.77. The van der Waals surface area contributed by atoms with Gasteiger partial charge in [0.25, 0.3) is 0 Å². The number of carbonyl (C=O) groups excluding carboxylic acids is 2. The van der Waals surface area contributed by atoms with Crippen molar-refractivity contribution in [2.45, 2.75) is 39.0 Å². The van der Waals surface area contributed by atoms with Crippen LogP contribution in [0.5, 0.6) is 0 Å². The summed E-state index contributed by atoms with van der Waals surface area (Å²) in [5.74, 6) is -3.93. The van der Waals surface area contributed by atoms with Gasteiger partial charge in [0.05, 0.1) is 24.2 Å². The summed E-state index contributed by atoms with van der Waals surface area (Å²) in [7, 11) is 0. The third-order valence-electron chi connectivity index (χ3n) is 2.97. The predicted molar refractivity (Wildman–Crippen MR) is 83.3 cm³/mol. The molecule has 0 atom stereocenters. The lowest BCUT2D eigenvalue weighted by molar-refractivity contribution is -0.169. The molecule has 0 aliphatic heterocycles. The fourth-order valence-electron chi connectivity index (χ4n) is 1.81. The van der Waals surface area contributed by atoms with E-state index in [-0.39, 0.29) is 22.8 Å². The van der Waals surface area contributed by atoms with Crippen LogP contribution in [0.1, 0.15) is 26.7 Å². The largest absolute Gasteiger partial charge is 0.450 e. The summed E-state index contributed by atoms with van der Waals surface area (Å²) in [6, 6.07) is 5.73. The molecule has 0 amide bonds. The Hall–Kier alpha value is -2.52. The van der Waals surface area contributed by atoms with Gasteiger partial charge in [-0.2, -0.15) is 26.3 Å². The Morgan fingerprint density at radius 2 is 1.08 bits per heavy atom. The van der Waals surface area contributed by atoms with Crippen LogP contribution in [-0.2, 0) is 9.59 Å². The molecule has 142 valence electrons. The molecule has 0 bridgehead atoms. The number of hydrogen-bond acceptors (Lipinski definition) is 4. The summed E-state index contributed by atoms with van der Waals surface area (Å²) >= 11 is 0.